The minimum absolute atomic E-state index is 0.149. The first-order valence-electron chi connectivity index (χ1n) is 16.3. The van der Waals surface area contributed by atoms with Crippen LogP contribution in [0.15, 0.2) is 97.1 Å². The molecule has 0 radical (unpaired) electrons. The van der Waals surface area contributed by atoms with Crippen molar-refractivity contribution in [2.24, 2.45) is 0 Å². The van der Waals surface area contributed by atoms with Gasteiger partial charge in [0, 0.05) is 37.2 Å². The average molecular weight is 659 g/mol. The second-order valence-corrected chi connectivity index (χ2v) is 13.0. The lowest BCUT2D eigenvalue weighted by molar-refractivity contribution is -0.137. The van der Waals surface area contributed by atoms with Gasteiger partial charge in [-0.05, 0) is 103 Å². The van der Waals surface area contributed by atoms with E-state index in [0.29, 0.717) is 5.56 Å². The minimum Gasteiger partial charge on any atom is -0.497 e. The van der Waals surface area contributed by atoms with Crippen LogP contribution in [0, 0.1) is 0 Å². The van der Waals surface area contributed by atoms with Gasteiger partial charge in [-0.3, -0.25) is 9.69 Å². The predicted octanol–water partition coefficient (Wildman–Crippen LogP) is 7.43. The molecule has 0 bridgehead atoms. The van der Waals surface area contributed by atoms with Gasteiger partial charge in [0.2, 0.25) is 0 Å². The van der Waals surface area contributed by atoms with Gasteiger partial charge >= 0.3 is 6.18 Å². The lowest BCUT2D eigenvalue weighted by atomic mass is 9.69. The quantitative estimate of drug-likeness (QED) is 0.214. The number of piperidine rings is 2. The maximum Gasteiger partial charge on any atom is 0.416 e. The molecule has 6 rings (SSSR count). The fraction of sp³-hybridized carbons (Fsp3) is 0.359. The first-order valence-corrected chi connectivity index (χ1v) is 16.3. The highest BCUT2D eigenvalue weighted by Gasteiger charge is 2.40. The van der Waals surface area contributed by atoms with Crippen molar-refractivity contribution < 1.29 is 32.5 Å². The van der Waals surface area contributed by atoms with E-state index < -0.39 is 17.3 Å². The summed E-state index contributed by atoms with van der Waals surface area (Å²) in [6.07, 6.45) is -2.13. The molecule has 2 fully saturated rings. The Balaban J connectivity index is 1.13. The average Bonchev–Trinajstić information content (AvgIpc) is 3.12. The number of ether oxygens (including phenoxy) is 2. The van der Waals surface area contributed by atoms with Crippen LogP contribution in [0.2, 0.25) is 0 Å². The molecule has 0 unspecified atom stereocenters. The number of amides is 1. The standard InChI is InChI=1S/C39H41F3N2O4/c1-47-34-15-11-30(12-16-34)37(31-13-17-35(48-2)18-14-31)19-4-22-43(27-37)26-28-7-9-29(10-8-28)36(45)44-23-20-38(46,21-24-44)32-5-3-6-33(25-32)39(40,41)42/h3,5-18,25,46H,4,19-24,26-27H2,1-2H3. The van der Waals surface area contributed by atoms with Gasteiger partial charge in [0.15, 0.2) is 0 Å². The molecule has 6 nitrogen and oxygen atoms in total. The number of hydrogen-bond acceptors (Lipinski definition) is 5. The lowest BCUT2D eigenvalue weighted by Gasteiger charge is -2.44. The third-order valence-electron chi connectivity index (χ3n) is 10.1. The molecule has 48 heavy (non-hydrogen) atoms. The Morgan fingerprint density at radius 1 is 0.771 bits per heavy atom. The molecule has 1 N–H and O–H groups in total. The van der Waals surface area contributed by atoms with Gasteiger partial charge in [0.05, 0.1) is 25.4 Å². The van der Waals surface area contributed by atoms with E-state index in [0.717, 1.165) is 61.7 Å². The number of nitrogens with zero attached hydrogens (tertiary/aromatic N) is 2. The number of hydrogen-bond donors (Lipinski definition) is 1. The highest BCUT2D eigenvalue weighted by Crippen LogP contribution is 2.42. The van der Waals surface area contributed by atoms with Crippen LogP contribution in [0.5, 0.6) is 11.5 Å². The molecule has 4 aromatic carbocycles. The first-order chi connectivity index (χ1) is 23.0. The maximum atomic E-state index is 13.4. The molecule has 252 valence electrons. The number of carbonyl (C=O) groups is 1. The summed E-state index contributed by atoms with van der Waals surface area (Å²) in [5.41, 5.74) is 1.94. The Morgan fingerprint density at radius 3 is 1.90 bits per heavy atom. The summed E-state index contributed by atoms with van der Waals surface area (Å²) in [6.45, 7) is 3.02. The number of aliphatic hydroxyl groups is 1. The molecule has 0 atom stereocenters. The molecular weight excluding hydrogens is 617 g/mol. The first kappa shape index (κ1) is 33.6. The van der Waals surface area contributed by atoms with Gasteiger partial charge < -0.3 is 19.5 Å². The summed E-state index contributed by atoms with van der Waals surface area (Å²) in [5.74, 6) is 1.49. The Hall–Kier alpha value is -4.34. The molecule has 4 aromatic rings. The fourth-order valence-corrected chi connectivity index (χ4v) is 7.28. The van der Waals surface area contributed by atoms with Crippen molar-refractivity contribution in [3.63, 3.8) is 0 Å². The summed E-state index contributed by atoms with van der Waals surface area (Å²) >= 11 is 0. The van der Waals surface area contributed by atoms with E-state index in [2.05, 4.69) is 29.2 Å². The van der Waals surface area contributed by atoms with Crippen LogP contribution >= 0.6 is 0 Å². The van der Waals surface area contributed by atoms with E-state index in [1.165, 1.54) is 23.3 Å². The third-order valence-corrected chi connectivity index (χ3v) is 10.1. The lowest BCUT2D eigenvalue weighted by Crippen LogP contribution is -2.46. The number of alkyl halides is 3. The van der Waals surface area contributed by atoms with Crippen molar-refractivity contribution in [2.75, 3.05) is 40.4 Å². The zero-order valence-corrected chi connectivity index (χ0v) is 27.3. The zero-order chi connectivity index (χ0) is 33.9. The third kappa shape index (κ3) is 6.93. The van der Waals surface area contributed by atoms with E-state index in [-0.39, 0.29) is 42.8 Å². The van der Waals surface area contributed by atoms with Gasteiger partial charge in [-0.25, -0.2) is 0 Å². The number of halogens is 3. The second-order valence-electron chi connectivity index (χ2n) is 13.0. The smallest absolute Gasteiger partial charge is 0.416 e. The van der Waals surface area contributed by atoms with Gasteiger partial charge in [0.25, 0.3) is 5.91 Å². The molecule has 9 heteroatoms. The van der Waals surface area contributed by atoms with E-state index in [1.807, 2.05) is 48.5 Å². The Morgan fingerprint density at radius 2 is 1.35 bits per heavy atom. The molecule has 2 aliphatic heterocycles. The predicted molar refractivity (Wildman–Crippen MR) is 178 cm³/mol. The topological polar surface area (TPSA) is 62.2 Å². The van der Waals surface area contributed by atoms with Crippen LogP contribution in [0.1, 0.15) is 63.9 Å². The van der Waals surface area contributed by atoms with Crippen molar-refractivity contribution >= 4 is 5.91 Å². The number of carbonyl (C=O) groups excluding carboxylic acids is 1. The molecule has 2 saturated heterocycles. The van der Waals surface area contributed by atoms with Crippen LogP contribution in [-0.2, 0) is 23.7 Å². The van der Waals surface area contributed by atoms with Crippen LogP contribution in [-0.4, -0.2) is 61.2 Å². The Kier molecular flexibility index (Phi) is 9.54. The van der Waals surface area contributed by atoms with Gasteiger partial charge in [0.1, 0.15) is 11.5 Å². The summed E-state index contributed by atoms with van der Waals surface area (Å²) in [6, 6.07) is 29.2. The molecule has 0 aromatic heterocycles. The number of rotatable bonds is 8. The van der Waals surface area contributed by atoms with E-state index >= 15 is 0 Å². The van der Waals surface area contributed by atoms with Crippen molar-refractivity contribution in [1.29, 1.82) is 0 Å². The SMILES string of the molecule is COc1ccc(C2(c3ccc(OC)cc3)CCCN(Cc3ccc(C(=O)N4CCC(O)(c5cccc(C(F)(F)F)c5)CC4)cc3)C2)cc1. The zero-order valence-electron chi connectivity index (χ0n) is 27.3. The van der Waals surface area contributed by atoms with Crippen LogP contribution in [0.25, 0.3) is 0 Å². The summed E-state index contributed by atoms with van der Waals surface area (Å²) in [5, 5.41) is 11.2. The van der Waals surface area contributed by atoms with Crippen molar-refractivity contribution in [3.05, 3.63) is 130 Å². The van der Waals surface area contributed by atoms with Gasteiger partial charge in [-0.1, -0.05) is 48.5 Å². The maximum absolute atomic E-state index is 13.4. The molecule has 2 aliphatic rings. The monoisotopic (exact) mass is 658 g/mol. The van der Waals surface area contributed by atoms with E-state index in [4.69, 9.17) is 9.47 Å². The Labute approximate surface area is 279 Å². The summed E-state index contributed by atoms with van der Waals surface area (Å²) in [4.78, 5) is 17.5. The molecule has 1 amide bonds. The minimum atomic E-state index is -4.49. The van der Waals surface area contributed by atoms with Crippen molar-refractivity contribution in [3.8, 4) is 11.5 Å². The van der Waals surface area contributed by atoms with Crippen LogP contribution < -0.4 is 9.47 Å². The van der Waals surface area contributed by atoms with Gasteiger partial charge in [-0.15, -0.1) is 0 Å². The van der Waals surface area contributed by atoms with Crippen molar-refractivity contribution in [1.82, 2.24) is 9.80 Å². The number of benzene rings is 4. The molecular formula is C39H41F3N2O4. The van der Waals surface area contributed by atoms with E-state index in [1.54, 1.807) is 19.1 Å². The molecule has 2 heterocycles. The van der Waals surface area contributed by atoms with Gasteiger partial charge in [-0.2, -0.15) is 13.2 Å². The molecule has 0 saturated carbocycles. The normalized spacial score (nSPS) is 17.9. The number of methoxy groups -OCH3 is 2. The summed E-state index contributed by atoms with van der Waals surface area (Å²) in [7, 11) is 3.35. The molecule has 0 spiro atoms. The highest BCUT2D eigenvalue weighted by molar-refractivity contribution is 5.94. The molecule has 0 aliphatic carbocycles. The van der Waals surface area contributed by atoms with Crippen LogP contribution in [0.4, 0.5) is 13.2 Å². The number of likely N-dealkylation sites (tertiary alicyclic amines) is 2. The van der Waals surface area contributed by atoms with Crippen molar-refractivity contribution in [2.45, 2.75) is 49.4 Å². The fourth-order valence-electron chi connectivity index (χ4n) is 7.28. The highest BCUT2D eigenvalue weighted by atomic mass is 19.4. The Bertz CT molecular complexity index is 1650. The van der Waals surface area contributed by atoms with Crippen LogP contribution in [0.3, 0.4) is 0 Å². The second kappa shape index (κ2) is 13.6. The largest absolute Gasteiger partial charge is 0.497 e. The van der Waals surface area contributed by atoms with E-state index in [9.17, 15) is 23.1 Å². The summed E-state index contributed by atoms with van der Waals surface area (Å²) < 4.78 is 50.6.